The van der Waals surface area contributed by atoms with Crippen molar-refractivity contribution in [2.45, 2.75) is 54.3 Å². The number of carbonyl (C=O) groups excluding carboxylic acids is 2. The number of hydrogen-bond acceptors (Lipinski definition) is 6. The van der Waals surface area contributed by atoms with E-state index in [1.54, 1.807) is 42.5 Å². The third kappa shape index (κ3) is 8.15. The van der Waals surface area contributed by atoms with Gasteiger partial charge in [-0.2, -0.15) is 13.2 Å². The molecular weight excluding hydrogens is 714 g/mol. The first-order valence-electron chi connectivity index (χ1n) is 16.2. The SMILES string of the molecule is COc1ccccc1OC(=O)N(C)[C@](CCCN1CCC2(CC1)c1ccccc1C[S+]2[O-])(CN(C)C(=O)CC(F)(F)F)c1ccc(Cl)c(Cl)c1. The van der Waals surface area contributed by atoms with Crippen LogP contribution in [-0.2, 0) is 32.0 Å². The van der Waals surface area contributed by atoms with E-state index in [2.05, 4.69) is 11.0 Å². The predicted octanol–water partition coefficient (Wildman–Crippen LogP) is 7.77. The number of benzene rings is 3. The molecule has 50 heavy (non-hydrogen) atoms. The van der Waals surface area contributed by atoms with Gasteiger partial charge in [-0.1, -0.05) is 65.7 Å². The lowest BCUT2D eigenvalue weighted by Crippen LogP contribution is -2.55. The van der Waals surface area contributed by atoms with Crippen LogP contribution in [0.15, 0.2) is 66.7 Å². The quantitative estimate of drug-likeness (QED) is 0.186. The highest BCUT2D eigenvalue weighted by Gasteiger charge is 2.52. The van der Waals surface area contributed by atoms with Gasteiger partial charge in [0.15, 0.2) is 16.2 Å². The molecular formula is C36H40Cl2F3N3O5S. The normalized spacial score (nSPS) is 18.3. The molecule has 0 radical (unpaired) electrons. The van der Waals surface area contributed by atoms with E-state index >= 15 is 0 Å². The van der Waals surface area contributed by atoms with E-state index in [0.29, 0.717) is 43.1 Å². The number of amides is 2. The molecule has 2 aliphatic heterocycles. The summed E-state index contributed by atoms with van der Waals surface area (Å²) in [7, 11) is 4.20. The molecule has 3 aromatic carbocycles. The van der Waals surface area contributed by atoms with E-state index in [4.69, 9.17) is 32.7 Å². The van der Waals surface area contributed by atoms with Crippen molar-refractivity contribution in [3.63, 3.8) is 0 Å². The van der Waals surface area contributed by atoms with Crippen molar-refractivity contribution in [1.82, 2.24) is 14.7 Å². The summed E-state index contributed by atoms with van der Waals surface area (Å²) in [6, 6.07) is 19.4. The lowest BCUT2D eigenvalue weighted by atomic mass is 9.82. The molecule has 0 aromatic heterocycles. The summed E-state index contributed by atoms with van der Waals surface area (Å²) in [5.41, 5.74) is 1.37. The molecule has 3 aromatic rings. The molecule has 0 aliphatic carbocycles. The maximum Gasteiger partial charge on any atom is 0.415 e. The Labute approximate surface area is 303 Å². The Morgan fingerprint density at radius 2 is 1.64 bits per heavy atom. The molecule has 1 saturated heterocycles. The lowest BCUT2D eigenvalue weighted by Gasteiger charge is -2.45. The molecule has 14 heteroatoms. The van der Waals surface area contributed by atoms with Gasteiger partial charge in [0.1, 0.15) is 12.2 Å². The highest BCUT2D eigenvalue weighted by Crippen LogP contribution is 2.49. The van der Waals surface area contributed by atoms with Crippen LogP contribution in [-0.4, -0.2) is 84.8 Å². The van der Waals surface area contributed by atoms with E-state index in [1.807, 2.05) is 18.2 Å². The Balaban J connectivity index is 1.43. The van der Waals surface area contributed by atoms with E-state index in [1.165, 1.54) is 31.7 Å². The Hall–Kier alpha value is -3.16. The Bertz CT molecular complexity index is 1690. The first kappa shape index (κ1) is 38.1. The molecule has 5 rings (SSSR count). The van der Waals surface area contributed by atoms with Crippen molar-refractivity contribution >= 4 is 46.4 Å². The first-order valence-corrected chi connectivity index (χ1v) is 18.3. The van der Waals surface area contributed by atoms with Gasteiger partial charge in [0.25, 0.3) is 0 Å². The van der Waals surface area contributed by atoms with Crippen molar-refractivity contribution in [3.8, 4) is 11.5 Å². The minimum Gasteiger partial charge on any atom is -0.615 e. The fourth-order valence-electron chi connectivity index (χ4n) is 7.12. The minimum absolute atomic E-state index is 0.143. The number of methoxy groups -OCH3 is 1. The van der Waals surface area contributed by atoms with Gasteiger partial charge in [0.05, 0.1) is 22.7 Å². The standard InChI is InChI=1S/C36H40Cl2F3N3O5S/c1-42(32(45)22-36(39,40)41)24-34(26-13-14-28(37)29(38)21-26,43(2)33(46)49-31-12-7-6-11-30(31)48-3)15-8-18-44-19-16-35(17-20-44)27-10-5-4-9-25(27)23-50(35)47/h4-7,9-14,21H,8,15-20,22-24H2,1-3H3/t34-,50?/m1/s1. The molecule has 1 fully saturated rings. The van der Waals surface area contributed by atoms with Crippen molar-refractivity contribution in [2.24, 2.45) is 0 Å². The zero-order valence-corrected chi connectivity index (χ0v) is 30.4. The monoisotopic (exact) mass is 753 g/mol. The fourth-order valence-corrected chi connectivity index (χ4v) is 9.31. The van der Waals surface area contributed by atoms with E-state index in [0.717, 1.165) is 23.3 Å². The van der Waals surface area contributed by atoms with Crippen LogP contribution in [0.4, 0.5) is 18.0 Å². The predicted molar refractivity (Wildman–Crippen MR) is 188 cm³/mol. The molecule has 1 spiro atoms. The summed E-state index contributed by atoms with van der Waals surface area (Å²) in [5, 5.41) is 0.425. The molecule has 0 N–H and O–H groups in total. The highest BCUT2D eigenvalue weighted by molar-refractivity contribution is 7.92. The Morgan fingerprint density at radius 1 is 0.980 bits per heavy atom. The van der Waals surface area contributed by atoms with Crippen molar-refractivity contribution in [1.29, 1.82) is 0 Å². The van der Waals surface area contributed by atoms with Gasteiger partial charge >= 0.3 is 12.3 Å². The number of halogens is 5. The van der Waals surface area contributed by atoms with Crippen LogP contribution in [0.2, 0.25) is 10.0 Å². The summed E-state index contributed by atoms with van der Waals surface area (Å²) in [6.07, 6.45) is -5.02. The topological polar surface area (TPSA) is 85.4 Å². The van der Waals surface area contributed by atoms with Crippen LogP contribution in [0.1, 0.15) is 48.8 Å². The molecule has 1 unspecified atom stereocenters. The average molecular weight is 755 g/mol. The largest absolute Gasteiger partial charge is 0.615 e. The summed E-state index contributed by atoms with van der Waals surface area (Å²) >= 11 is 11.7. The lowest BCUT2D eigenvalue weighted by molar-refractivity contribution is -0.161. The Kier molecular flexibility index (Phi) is 11.9. The van der Waals surface area contributed by atoms with E-state index in [9.17, 15) is 27.3 Å². The number of fused-ring (bicyclic) bond motifs is 2. The number of nitrogens with zero attached hydrogens (tertiary/aromatic N) is 3. The second-order valence-electron chi connectivity index (χ2n) is 12.9. The van der Waals surface area contributed by atoms with Gasteiger partial charge in [0.2, 0.25) is 5.91 Å². The second kappa shape index (κ2) is 15.6. The number of para-hydroxylation sites is 2. The highest BCUT2D eigenvalue weighted by atomic mass is 35.5. The van der Waals surface area contributed by atoms with Crippen LogP contribution in [0.25, 0.3) is 0 Å². The van der Waals surface area contributed by atoms with Crippen LogP contribution in [0.5, 0.6) is 11.5 Å². The molecule has 2 aliphatic rings. The number of carbonyl (C=O) groups is 2. The summed E-state index contributed by atoms with van der Waals surface area (Å²) in [5.74, 6) is -0.148. The van der Waals surface area contributed by atoms with Crippen molar-refractivity contribution in [2.75, 3.05) is 47.4 Å². The van der Waals surface area contributed by atoms with Crippen LogP contribution in [0.3, 0.4) is 0 Å². The van der Waals surface area contributed by atoms with Crippen molar-refractivity contribution in [3.05, 3.63) is 93.5 Å². The first-order chi connectivity index (χ1) is 23.7. The van der Waals surface area contributed by atoms with Crippen LogP contribution in [0, 0.1) is 0 Å². The third-order valence-corrected chi connectivity index (χ3v) is 12.7. The molecule has 8 nitrogen and oxygen atoms in total. The van der Waals surface area contributed by atoms with Gasteiger partial charge in [-0.25, -0.2) is 4.79 Å². The number of alkyl halides is 3. The van der Waals surface area contributed by atoms with Gasteiger partial charge in [-0.3, -0.25) is 9.69 Å². The number of piperidine rings is 1. The zero-order valence-electron chi connectivity index (χ0n) is 28.1. The van der Waals surface area contributed by atoms with Gasteiger partial charge < -0.3 is 23.8 Å². The molecule has 0 saturated carbocycles. The van der Waals surface area contributed by atoms with Crippen LogP contribution >= 0.6 is 23.2 Å². The van der Waals surface area contributed by atoms with Crippen molar-refractivity contribution < 1.29 is 36.8 Å². The molecule has 0 bridgehead atoms. The van der Waals surface area contributed by atoms with E-state index < -0.39 is 41.3 Å². The maximum absolute atomic E-state index is 13.9. The fraction of sp³-hybridized carbons (Fsp3) is 0.444. The summed E-state index contributed by atoms with van der Waals surface area (Å²) in [6.45, 7) is 1.70. The van der Waals surface area contributed by atoms with Crippen LogP contribution < -0.4 is 9.47 Å². The van der Waals surface area contributed by atoms with Gasteiger partial charge in [-0.05, 0) is 60.4 Å². The minimum atomic E-state index is -4.72. The molecule has 2 amide bonds. The average Bonchev–Trinajstić information content (AvgIpc) is 3.35. The van der Waals surface area contributed by atoms with Gasteiger partial charge in [0, 0.05) is 57.7 Å². The van der Waals surface area contributed by atoms with E-state index in [-0.39, 0.29) is 33.5 Å². The second-order valence-corrected chi connectivity index (χ2v) is 15.4. The summed E-state index contributed by atoms with van der Waals surface area (Å²) in [4.78, 5) is 31.4. The Morgan fingerprint density at radius 3 is 2.30 bits per heavy atom. The zero-order chi connectivity index (χ0) is 36.3. The number of ether oxygens (including phenoxy) is 2. The maximum atomic E-state index is 13.9. The summed E-state index contributed by atoms with van der Waals surface area (Å²) < 4.78 is 64.1. The number of hydrogen-bond donors (Lipinski definition) is 0. The third-order valence-electron chi connectivity index (χ3n) is 9.87. The molecule has 2 atom stereocenters. The molecule has 270 valence electrons. The smallest absolute Gasteiger partial charge is 0.415 e. The number of likely N-dealkylation sites (N-methyl/N-ethyl adjacent to an activating group) is 2. The number of rotatable bonds is 11. The molecule has 2 heterocycles. The van der Waals surface area contributed by atoms with Gasteiger partial charge in [-0.15, -0.1) is 0 Å². The number of likely N-dealkylation sites (tertiary alicyclic amines) is 1.